The van der Waals surface area contributed by atoms with Crippen molar-refractivity contribution in [2.45, 2.75) is 56.0 Å². The summed E-state index contributed by atoms with van der Waals surface area (Å²) >= 11 is 0. The van der Waals surface area contributed by atoms with Gasteiger partial charge >= 0.3 is 0 Å². The summed E-state index contributed by atoms with van der Waals surface area (Å²) in [5.74, 6) is 0.850. The molecular weight excluding hydrogens is 442 g/mol. The Bertz CT molecular complexity index is 1330. The molecule has 1 saturated carbocycles. The van der Waals surface area contributed by atoms with Crippen molar-refractivity contribution >= 4 is 11.5 Å². The van der Waals surface area contributed by atoms with Gasteiger partial charge in [-0.15, -0.1) is 0 Å². The Balaban J connectivity index is 1.34. The average Bonchev–Trinajstić information content (AvgIpc) is 2.89. The third kappa shape index (κ3) is 4.35. The maximum absolute atomic E-state index is 6.59. The molecule has 2 aromatic carbocycles. The van der Waals surface area contributed by atoms with Crippen molar-refractivity contribution in [3.63, 3.8) is 0 Å². The predicted molar refractivity (Wildman–Crippen MR) is 146 cm³/mol. The van der Waals surface area contributed by atoms with Crippen molar-refractivity contribution < 1.29 is 0 Å². The lowest BCUT2D eigenvalue weighted by molar-refractivity contribution is 0.253. The van der Waals surface area contributed by atoms with Crippen LogP contribution in [-0.4, -0.2) is 10.7 Å². The highest BCUT2D eigenvalue weighted by molar-refractivity contribution is 6.05. The summed E-state index contributed by atoms with van der Waals surface area (Å²) in [4.78, 5) is 9.53. The topological polar surface area (TPSA) is 89.3 Å². The minimum absolute atomic E-state index is 0.138. The van der Waals surface area contributed by atoms with Gasteiger partial charge in [0, 0.05) is 23.0 Å². The quantitative estimate of drug-likeness (QED) is 0.440. The number of benzene rings is 2. The van der Waals surface area contributed by atoms with Crippen LogP contribution < -0.4 is 16.8 Å². The van der Waals surface area contributed by atoms with Gasteiger partial charge in [0.15, 0.2) is 0 Å². The predicted octanol–water partition coefficient (Wildman–Crippen LogP) is 5.87. The number of nitrogens with zero attached hydrogens (tertiary/aromatic N) is 2. The number of anilines is 1. The zero-order chi connectivity index (χ0) is 24.5. The van der Waals surface area contributed by atoms with Gasteiger partial charge in [-0.05, 0) is 79.3 Å². The standard InChI is InChI=1S/C31H33N5/c32-30-25(8-4-19-34-30)29-20-23(21-9-12-24(13-10-21)31(33)17-5-18-31)11-14-27-28(36-29)16-15-26(35-27)22-6-2-1-3-7-22/h1-4,6-10,12-13,15-16,19,23,26,35H,5,11,14,17-18,20,33H2,(H2,32,34)/b36-29+. The van der Waals surface area contributed by atoms with Crippen LogP contribution >= 0.6 is 0 Å². The Kier molecular flexibility index (Phi) is 5.94. The van der Waals surface area contributed by atoms with Crippen LogP contribution in [0.15, 0.2) is 101 Å². The van der Waals surface area contributed by atoms with Crippen molar-refractivity contribution in [3.05, 3.63) is 119 Å². The first-order chi connectivity index (χ1) is 17.6. The van der Waals surface area contributed by atoms with E-state index in [0.29, 0.717) is 11.7 Å². The number of aliphatic imine (C=N–C) groups is 1. The third-order valence-corrected chi connectivity index (χ3v) is 8.03. The fourth-order valence-electron chi connectivity index (χ4n) is 5.65. The molecule has 3 heterocycles. The van der Waals surface area contributed by atoms with Gasteiger partial charge in [0.2, 0.25) is 0 Å². The average molecular weight is 476 g/mol. The van der Waals surface area contributed by atoms with E-state index in [0.717, 1.165) is 49.1 Å². The summed E-state index contributed by atoms with van der Waals surface area (Å²) in [6, 6.07) is 23.7. The van der Waals surface area contributed by atoms with Gasteiger partial charge < -0.3 is 16.8 Å². The monoisotopic (exact) mass is 475 g/mol. The van der Waals surface area contributed by atoms with Gasteiger partial charge in [-0.3, -0.25) is 4.99 Å². The number of pyridine rings is 1. The van der Waals surface area contributed by atoms with E-state index in [4.69, 9.17) is 16.5 Å². The fourth-order valence-corrected chi connectivity index (χ4v) is 5.65. The van der Waals surface area contributed by atoms with Gasteiger partial charge in [-0.2, -0.15) is 0 Å². The molecule has 2 unspecified atom stereocenters. The van der Waals surface area contributed by atoms with Gasteiger partial charge in [0.05, 0.1) is 17.5 Å². The van der Waals surface area contributed by atoms with Crippen LogP contribution in [0.4, 0.5) is 5.82 Å². The smallest absolute Gasteiger partial charge is 0.132 e. The van der Waals surface area contributed by atoms with Crippen molar-refractivity contribution in [1.29, 1.82) is 0 Å². The van der Waals surface area contributed by atoms with E-state index in [9.17, 15) is 0 Å². The molecule has 3 aromatic rings. The van der Waals surface area contributed by atoms with E-state index < -0.39 is 0 Å². The van der Waals surface area contributed by atoms with Crippen molar-refractivity contribution in [3.8, 4) is 0 Å². The largest absolute Gasteiger partial charge is 0.383 e. The van der Waals surface area contributed by atoms with Crippen LogP contribution in [0.3, 0.4) is 0 Å². The maximum Gasteiger partial charge on any atom is 0.132 e. The fraction of sp³-hybridized carbons (Fsp3) is 0.290. The van der Waals surface area contributed by atoms with E-state index in [1.165, 1.54) is 28.8 Å². The molecule has 2 aliphatic heterocycles. The first-order valence-electron chi connectivity index (χ1n) is 13.0. The molecule has 5 N–H and O–H groups in total. The summed E-state index contributed by atoms with van der Waals surface area (Å²) in [6.07, 6.45) is 12.2. The molecule has 1 aliphatic carbocycles. The Morgan fingerprint density at radius 1 is 0.917 bits per heavy atom. The molecule has 2 atom stereocenters. The molecule has 36 heavy (non-hydrogen) atoms. The molecule has 0 amide bonds. The summed E-state index contributed by atoms with van der Waals surface area (Å²) in [5.41, 5.74) is 20.7. The number of rotatable bonds is 4. The second kappa shape index (κ2) is 9.40. The number of allylic oxidation sites excluding steroid dienone is 2. The van der Waals surface area contributed by atoms with E-state index >= 15 is 0 Å². The lowest BCUT2D eigenvalue weighted by Gasteiger charge is -2.38. The Morgan fingerprint density at radius 2 is 1.72 bits per heavy atom. The van der Waals surface area contributed by atoms with Crippen LogP contribution in [0.25, 0.3) is 0 Å². The summed E-state index contributed by atoms with van der Waals surface area (Å²) in [7, 11) is 0. The first kappa shape index (κ1) is 22.7. The zero-order valence-electron chi connectivity index (χ0n) is 20.5. The molecule has 182 valence electrons. The number of nitrogen functional groups attached to an aromatic ring is 1. The van der Waals surface area contributed by atoms with Gasteiger partial charge in [0.1, 0.15) is 5.82 Å². The molecule has 6 rings (SSSR count). The number of aromatic nitrogens is 1. The van der Waals surface area contributed by atoms with Crippen LogP contribution in [0, 0.1) is 0 Å². The van der Waals surface area contributed by atoms with Crippen molar-refractivity contribution in [2.24, 2.45) is 10.7 Å². The summed E-state index contributed by atoms with van der Waals surface area (Å²) < 4.78 is 0. The summed E-state index contributed by atoms with van der Waals surface area (Å²) in [6.45, 7) is 0. The van der Waals surface area contributed by atoms with Crippen LogP contribution in [-0.2, 0) is 5.54 Å². The molecule has 1 aromatic heterocycles. The third-order valence-electron chi connectivity index (χ3n) is 8.03. The van der Waals surface area contributed by atoms with E-state index in [2.05, 4.69) is 77.1 Å². The Labute approximate surface area is 213 Å². The number of nitrogens with one attached hydrogen (secondary N) is 1. The first-order valence-corrected chi connectivity index (χ1v) is 13.0. The minimum atomic E-state index is -0.138. The molecule has 0 radical (unpaired) electrons. The van der Waals surface area contributed by atoms with Gasteiger partial charge in [-0.1, -0.05) is 60.7 Å². The Morgan fingerprint density at radius 3 is 2.44 bits per heavy atom. The molecule has 0 bridgehead atoms. The number of hydrogen-bond acceptors (Lipinski definition) is 5. The van der Waals surface area contributed by atoms with Crippen molar-refractivity contribution in [2.75, 3.05) is 5.73 Å². The maximum atomic E-state index is 6.59. The second-order valence-corrected chi connectivity index (χ2v) is 10.3. The molecule has 0 spiro atoms. The van der Waals surface area contributed by atoms with E-state index in [-0.39, 0.29) is 11.6 Å². The second-order valence-electron chi connectivity index (χ2n) is 10.3. The molecule has 3 aliphatic rings. The van der Waals surface area contributed by atoms with E-state index in [1.807, 2.05) is 12.1 Å². The number of hydrogen-bond donors (Lipinski definition) is 3. The molecule has 0 saturated heterocycles. The highest BCUT2D eigenvalue weighted by Crippen LogP contribution is 2.40. The summed E-state index contributed by atoms with van der Waals surface area (Å²) in [5, 5.41) is 3.76. The van der Waals surface area contributed by atoms with Crippen LogP contribution in [0.5, 0.6) is 0 Å². The van der Waals surface area contributed by atoms with Gasteiger partial charge in [-0.25, -0.2) is 4.98 Å². The van der Waals surface area contributed by atoms with E-state index in [1.54, 1.807) is 6.20 Å². The molecule has 1 fully saturated rings. The van der Waals surface area contributed by atoms with Crippen molar-refractivity contribution in [1.82, 2.24) is 10.3 Å². The normalized spacial score (nSPS) is 24.4. The number of nitrogens with two attached hydrogens (primary N) is 2. The lowest BCUT2D eigenvalue weighted by Crippen LogP contribution is -2.43. The zero-order valence-corrected chi connectivity index (χ0v) is 20.5. The Hall–Kier alpha value is -3.70. The van der Waals surface area contributed by atoms with Crippen LogP contribution in [0.1, 0.15) is 72.7 Å². The lowest BCUT2D eigenvalue weighted by atomic mass is 9.72. The van der Waals surface area contributed by atoms with Crippen LogP contribution in [0.2, 0.25) is 0 Å². The highest BCUT2D eigenvalue weighted by Gasteiger charge is 2.34. The van der Waals surface area contributed by atoms with Gasteiger partial charge in [0.25, 0.3) is 0 Å². The molecule has 5 heteroatoms. The highest BCUT2D eigenvalue weighted by atomic mass is 15.0. The molecule has 5 nitrogen and oxygen atoms in total. The number of dihydropyridines is 1. The minimum Gasteiger partial charge on any atom is -0.383 e. The SMILES string of the molecule is Nc1ncccc1/C1=N/C2=C(CCC(c3ccc(C4(N)CCC4)cc3)C1)NC(c1ccccc1)C=C2. The molecular formula is C31H33N5.